The molecule has 0 spiro atoms. The van der Waals surface area contributed by atoms with Crippen LogP contribution >= 0.6 is 11.8 Å². The minimum absolute atomic E-state index is 0.000203. The maximum Gasteiger partial charge on any atom is 0.307 e. The highest BCUT2D eigenvalue weighted by Crippen LogP contribution is 2.34. The molecule has 0 aromatic heterocycles. The Morgan fingerprint density at radius 2 is 1.55 bits per heavy atom. The molecule has 0 bridgehead atoms. The zero-order valence-corrected chi connectivity index (χ0v) is 16.3. The lowest BCUT2D eigenvalue weighted by Crippen LogP contribution is -2.37. The van der Waals surface area contributed by atoms with Gasteiger partial charge in [-0.25, -0.2) is 0 Å². The van der Waals surface area contributed by atoms with Crippen molar-refractivity contribution in [2.45, 2.75) is 11.3 Å². The van der Waals surface area contributed by atoms with Crippen LogP contribution in [0.4, 0.5) is 5.69 Å². The molecule has 0 saturated carbocycles. The number of para-hydroxylation sites is 1. The van der Waals surface area contributed by atoms with Crippen LogP contribution in [0.3, 0.4) is 0 Å². The first-order valence-electron chi connectivity index (χ1n) is 9.19. The Balaban J connectivity index is 1.28. The Kier molecular flexibility index (Phi) is 5.35. The summed E-state index contributed by atoms with van der Waals surface area (Å²) in [6.07, 6.45) is 0.0346. The molecule has 8 heteroatoms. The van der Waals surface area contributed by atoms with Gasteiger partial charge in [-0.2, -0.15) is 0 Å². The molecular formula is C21H18N2O5S. The SMILES string of the molecule is O=C(CCN1C(=O)CSc2ccccc21)OCCN1C(=O)c2ccccc2C1=O. The molecule has 0 unspecified atom stereocenters. The van der Waals surface area contributed by atoms with Crippen molar-refractivity contribution in [3.63, 3.8) is 0 Å². The second-order valence-electron chi connectivity index (χ2n) is 6.58. The summed E-state index contributed by atoms with van der Waals surface area (Å²) in [5, 5.41) is 0. The third-order valence-corrected chi connectivity index (χ3v) is 5.85. The monoisotopic (exact) mass is 410 g/mol. The lowest BCUT2D eigenvalue weighted by molar-refractivity contribution is -0.143. The average molecular weight is 410 g/mol. The molecule has 148 valence electrons. The van der Waals surface area contributed by atoms with Crippen LogP contribution in [-0.4, -0.2) is 54.0 Å². The summed E-state index contributed by atoms with van der Waals surface area (Å²) in [4.78, 5) is 52.6. The number of imide groups is 1. The lowest BCUT2D eigenvalue weighted by atomic mass is 10.1. The molecule has 2 aliphatic rings. The van der Waals surface area contributed by atoms with E-state index in [0.29, 0.717) is 16.9 Å². The highest BCUT2D eigenvalue weighted by Gasteiger charge is 2.34. The van der Waals surface area contributed by atoms with E-state index in [0.717, 1.165) is 15.5 Å². The second kappa shape index (κ2) is 8.08. The van der Waals surface area contributed by atoms with Gasteiger partial charge in [0.2, 0.25) is 5.91 Å². The van der Waals surface area contributed by atoms with E-state index < -0.39 is 5.97 Å². The summed E-state index contributed by atoms with van der Waals surface area (Å²) in [6, 6.07) is 14.2. The Hall–Kier alpha value is -3.13. The minimum Gasteiger partial charge on any atom is -0.464 e. The van der Waals surface area contributed by atoms with Gasteiger partial charge in [0.1, 0.15) is 6.61 Å². The number of anilines is 1. The average Bonchev–Trinajstić information content (AvgIpc) is 2.98. The van der Waals surface area contributed by atoms with Crippen LogP contribution in [0.1, 0.15) is 27.1 Å². The van der Waals surface area contributed by atoms with Gasteiger partial charge < -0.3 is 9.64 Å². The van der Waals surface area contributed by atoms with Gasteiger partial charge in [0.25, 0.3) is 11.8 Å². The van der Waals surface area contributed by atoms with E-state index in [1.54, 1.807) is 29.2 Å². The summed E-state index contributed by atoms with van der Waals surface area (Å²) >= 11 is 1.48. The van der Waals surface area contributed by atoms with Crippen LogP contribution in [0.25, 0.3) is 0 Å². The van der Waals surface area contributed by atoms with E-state index in [9.17, 15) is 19.2 Å². The third-order valence-electron chi connectivity index (χ3n) is 4.80. The van der Waals surface area contributed by atoms with Crippen molar-refractivity contribution in [3.8, 4) is 0 Å². The van der Waals surface area contributed by atoms with E-state index in [-0.39, 0.29) is 43.8 Å². The predicted octanol–water partition coefficient (Wildman–Crippen LogP) is 2.35. The van der Waals surface area contributed by atoms with Crippen molar-refractivity contribution < 1.29 is 23.9 Å². The normalized spacial score (nSPS) is 15.4. The van der Waals surface area contributed by atoms with Crippen LogP contribution in [0.5, 0.6) is 0 Å². The molecule has 0 saturated heterocycles. The molecule has 4 rings (SSSR count). The first-order chi connectivity index (χ1) is 14.1. The lowest BCUT2D eigenvalue weighted by Gasteiger charge is -2.28. The van der Waals surface area contributed by atoms with Gasteiger partial charge in [0, 0.05) is 11.4 Å². The summed E-state index contributed by atoms with van der Waals surface area (Å²) < 4.78 is 5.19. The van der Waals surface area contributed by atoms with E-state index in [2.05, 4.69) is 0 Å². The molecule has 7 nitrogen and oxygen atoms in total. The number of rotatable bonds is 6. The van der Waals surface area contributed by atoms with Crippen molar-refractivity contribution in [2.24, 2.45) is 0 Å². The van der Waals surface area contributed by atoms with E-state index >= 15 is 0 Å². The van der Waals surface area contributed by atoms with Crippen LogP contribution in [0.15, 0.2) is 53.4 Å². The molecule has 3 amide bonds. The number of carbonyl (C=O) groups is 4. The van der Waals surface area contributed by atoms with E-state index in [4.69, 9.17) is 4.74 Å². The van der Waals surface area contributed by atoms with Crippen molar-refractivity contribution in [2.75, 3.05) is 30.3 Å². The highest BCUT2D eigenvalue weighted by atomic mass is 32.2. The molecule has 2 aliphatic heterocycles. The van der Waals surface area contributed by atoms with Crippen LogP contribution in [-0.2, 0) is 14.3 Å². The van der Waals surface area contributed by atoms with Gasteiger partial charge in [0.05, 0.1) is 35.5 Å². The van der Waals surface area contributed by atoms with Crippen molar-refractivity contribution in [1.29, 1.82) is 0 Å². The van der Waals surface area contributed by atoms with Crippen LogP contribution in [0.2, 0.25) is 0 Å². The molecular weight excluding hydrogens is 392 g/mol. The van der Waals surface area contributed by atoms with Gasteiger partial charge >= 0.3 is 5.97 Å². The number of carbonyl (C=O) groups excluding carboxylic acids is 4. The molecule has 2 aromatic carbocycles. The summed E-state index contributed by atoms with van der Waals surface area (Å²) in [7, 11) is 0. The first kappa shape index (κ1) is 19.2. The number of hydrogen-bond acceptors (Lipinski definition) is 6. The van der Waals surface area contributed by atoms with E-state index in [1.807, 2.05) is 24.3 Å². The number of thioether (sulfide) groups is 1. The molecule has 0 radical (unpaired) electrons. The number of hydrogen-bond donors (Lipinski definition) is 0. The fourth-order valence-electron chi connectivity index (χ4n) is 3.37. The topological polar surface area (TPSA) is 84.0 Å². The molecule has 0 N–H and O–H groups in total. The second-order valence-corrected chi connectivity index (χ2v) is 7.60. The minimum atomic E-state index is -0.481. The number of esters is 1. The zero-order chi connectivity index (χ0) is 20.4. The van der Waals surface area contributed by atoms with Gasteiger partial charge in [0.15, 0.2) is 0 Å². The molecule has 0 fully saturated rings. The first-order valence-corrected chi connectivity index (χ1v) is 10.2. The van der Waals surface area contributed by atoms with Crippen molar-refractivity contribution in [1.82, 2.24) is 4.90 Å². The number of benzene rings is 2. The smallest absolute Gasteiger partial charge is 0.307 e. The Labute approximate surface area is 171 Å². The fraction of sp³-hybridized carbons (Fsp3) is 0.238. The van der Waals surface area contributed by atoms with Crippen molar-refractivity contribution in [3.05, 3.63) is 59.7 Å². The quantitative estimate of drug-likeness (QED) is 0.537. The molecule has 2 aromatic rings. The standard InChI is InChI=1S/C21H18N2O5S/c24-18-13-29-17-8-4-3-7-16(17)22(18)10-9-19(25)28-12-11-23-20(26)14-5-1-2-6-15(14)21(23)27/h1-8H,9-13H2. The Morgan fingerprint density at radius 3 is 2.28 bits per heavy atom. The molecule has 0 atom stereocenters. The summed E-state index contributed by atoms with van der Waals surface area (Å²) in [5.41, 5.74) is 1.53. The summed E-state index contributed by atoms with van der Waals surface area (Å²) in [5.74, 6) is -0.951. The fourth-order valence-corrected chi connectivity index (χ4v) is 4.30. The predicted molar refractivity (Wildman–Crippen MR) is 107 cm³/mol. The molecule has 29 heavy (non-hydrogen) atoms. The highest BCUT2D eigenvalue weighted by molar-refractivity contribution is 8.00. The largest absolute Gasteiger partial charge is 0.464 e. The molecule has 0 aliphatic carbocycles. The summed E-state index contributed by atoms with van der Waals surface area (Å²) in [6.45, 7) is 0.146. The van der Waals surface area contributed by atoms with Crippen LogP contribution < -0.4 is 4.90 Å². The van der Waals surface area contributed by atoms with E-state index in [1.165, 1.54) is 11.8 Å². The van der Waals surface area contributed by atoms with Crippen LogP contribution in [0, 0.1) is 0 Å². The number of amides is 3. The number of ether oxygens (including phenoxy) is 1. The van der Waals surface area contributed by atoms with Gasteiger partial charge in [-0.15, -0.1) is 11.8 Å². The Morgan fingerprint density at radius 1 is 0.897 bits per heavy atom. The number of fused-ring (bicyclic) bond motifs is 2. The van der Waals surface area contributed by atoms with Gasteiger partial charge in [-0.3, -0.25) is 24.1 Å². The van der Waals surface area contributed by atoms with Gasteiger partial charge in [-0.1, -0.05) is 24.3 Å². The maximum absolute atomic E-state index is 12.3. The molecule has 2 heterocycles. The van der Waals surface area contributed by atoms with Gasteiger partial charge in [-0.05, 0) is 24.3 Å². The third kappa shape index (κ3) is 3.75. The maximum atomic E-state index is 12.3. The Bertz CT molecular complexity index is 971. The van der Waals surface area contributed by atoms with Crippen molar-refractivity contribution >= 4 is 41.1 Å². The number of nitrogens with zero attached hydrogens (tertiary/aromatic N) is 2. The zero-order valence-electron chi connectivity index (χ0n) is 15.5.